The van der Waals surface area contributed by atoms with Crippen LogP contribution in [0.5, 0.6) is 0 Å². The molecule has 0 bridgehead atoms. The smallest absolute Gasteiger partial charge is 0.140 e. The van der Waals surface area contributed by atoms with Crippen LogP contribution in [0, 0.1) is 0 Å². The summed E-state index contributed by atoms with van der Waals surface area (Å²) in [6.07, 6.45) is 3.87. The fourth-order valence-corrected chi connectivity index (χ4v) is 2.35. The van der Waals surface area contributed by atoms with Crippen LogP contribution in [0.15, 0.2) is 29.2 Å². The maximum Gasteiger partial charge on any atom is 0.140 e. The molecule has 0 N–H and O–H groups in total. The lowest BCUT2D eigenvalue weighted by Crippen LogP contribution is -2.23. The summed E-state index contributed by atoms with van der Waals surface area (Å²) >= 11 is 1.72. The minimum atomic E-state index is 0.198. The zero-order valence-corrected chi connectivity index (χ0v) is 8.43. The van der Waals surface area contributed by atoms with Crippen LogP contribution >= 0.6 is 11.8 Å². The number of carbonyl (C=O) groups excluding carboxylic acids is 1. The maximum absolute atomic E-state index is 11.3. The van der Waals surface area contributed by atoms with Crippen molar-refractivity contribution in [1.29, 1.82) is 0 Å². The van der Waals surface area contributed by atoms with Crippen LogP contribution in [0.1, 0.15) is 24.3 Å². The number of hydrogen-bond donors (Lipinski definition) is 0. The van der Waals surface area contributed by atoms with Gasteiger partial charge in [-0.15, -0.1) is 11.8 Å². The average molecular weight is 192 g/mol. The molecule has 1 atom stereocenters. The van der Waals surface area contributed by atoms with Crippen LogP contribution in [0.25, 0.3) is 0 Å². The third-order valence-electron chi connectivity index (χ3n) is 2.58. The van der Waals surface area contributed by atoms with Crippen LogP contribution in [-0.4, -0.2) is 12.0 Å². The molecule has 1 saturated carbocycles. The van der Waals surface area contributed by atoms with Crippen LogP contribution in [-0.2, 0) is 4.79 Å². The summed E-state index contributed by atoms with van der Waals surface area (Å²) in [5.41, 5.74) is 1.23. The van der Waals surface area contributed by atoms with Gasteiger partial charge in [0.2, 0.25) is 0 Å². The van der Waals surface area contributed by atoms with E-state index in [1.165, 1.54) is 10.5 Å². The van der Waals surface area contributed by atoms with Gasteiger partial charge in [0.05, 0.1) is 0 Å². The highest BCUT2D eigenvalue weighted by Crippen LogP contribution is 2.37. The largest absolute Gasteiger partial charge is 0.299 e. The van der Waals surface area contributed by atoms with Gasteiger partial charge < -0.3 is 0 Å². The Morgan fingerprint density at radius 1 is 1.38 bits per heavy atom. The van der Waals surface area contributed by atoms with Crippen LogP contribution in [0.3, 0.4) is 0 Å². The molecule has 0 saturated heterocycles. The predicted octanol–water partition coefficient (Wildman–Crippen LogP) is 2.86. The fourth-order valence-electron chi connectivity index (χ4n) is 1.69. The summed E-state index contributed by atoms with van der Waals surface area (Å²) in [4.78, 5) is 12.5. The highest BCUT2D eigenvalue weighted by atomic mass is 32.2. The second kappa shape index (κ2) is 3.54. The molecule has 1 unspecified atom stereocenters. The first-order valence-electron chi connectivity index (χ1n) is 4.48. The summed E-state index contributed by atoms with van der Waals surface area (Å²) in [7, 11) is 0. The number of benzene rings is 1. The van der Waals surface area contributed by atoms with Gasteiger partial charge in [-0.1, -0.05) is 18.2 Å². The van der Waals surface area contributed by atoms with E-state index in [4.69, 9.17) is 0 Å². The molecule has 2 heteroatoms. The van der Waals surface area contributed by atoms with E-state index in [-0.39, 0.29) is 5.92 Å². The van der Waals surface area contributed by atoms with E-state index in [1.54, 1.807) is 11.8 Å². The second-order valence-electron chi connectivity index (χ2n) is 3.30. The van der Waals surface area contributed by atoms with E-state index < -0.39 is 0 Å². The van der Waals surface area contributed by atoms with E-state index in [1.807, 2.05) is 12.1 Å². The van der Waals surface area contributed by atoms with Gasteiger partial charge in [0.25, 0.3) is 0 Å². The zero-order valence-electron chi connectivity index (χ0n) is 7.62. The molecule has 1 fully saturated rings. The van der Waals surface area contributed by atoms with Gasteiger partial charge in [-0.25, -0.2) is 0 Å². The van der Waals surface area contributed by atoms with E-state index in [9.17, 15) is 4.79 Å². The topological polar surface area (TPSA) is 17.1 Å². The van der Waals surface area contributed by atoms with Gasteiger partial charge in [-0.2, -0.15) is 0 Å². The molecule has 1 aromatic rings. The zero-order chi connectivity index (χ0) is 9.26. The Morgan fingerprint density at radius 2 is 2.15 bits per heavy atom. The molecule has 68 valence electrons. The first-order chi connectivity index (χ1) is 6.33. The first-order valence-corrected chi connectivity index (χ1v) is 5.71. The fraction of sp³-hybridized carbons (Fsp3) is 0.364. The highest BCUT2D eigenvalue weighted by Gasteiger charge is 2.30. The van der Waals surface area contributed by atoms with E-state index in [0.717, 1.165) is 12.8 Å². The summed E-state index contributed by atoms with van der Waals surface area (Å²) in [6.45, 7) is 0. The summed E-state index contributed by atoms with van der Waals surface area (Å²) in [5, 5.41) is 0. The number of carbonyl (C=O) groups is 1. The van der Waals surface area contributed by atoms with Crippen molar-refractivity contribution in [3.63, 3.8) is 0 Å². The van der Waals surface area contributed by atoms with Crippen LogP contribution in [0.2, 0.25) is 0 Å². The molecule has 0 radical (unpaired) electrons. The van der Waals surface area contributed by atoms with E-state index in [0.29, 0.717) is 5.78 Å². The third kappa shape index (κ3) is 1.51. The standard InChI is InChI=1S/C11H12OS/c1-13-11-5-3-2-4-9(11)8-6-7-10(8)12/h2-5,8H,6-7H2,1H3. The maximum atomic E-state index is 11.3. The minimum Gasteiger partial charge on any atom is -0.299 e. The van der Waals surface area contributed by atoms with Gasteiger partial charge in [0.1, 0.15) is 5.78 Å². The van der Waals surface area contributed by atoms with E-state index in [2.05, 4.69) is 18.4 Å². The van der Waals surface area contributed by atoms with Gasteiger partial charge in [-0.05, 0) is 24.3 Å². The predicted molar refractivity (Wildman–Crippen MR) is 55.2 cm³/mol. The molecule has 1 aliphatic rings. The van der Waals surface area contributed by atoms with Gasteiger partial charge in [0.15, 0.2) is 0 Å². The monoisotopic (exact) mass is 192 g/mol. The first kappa shape index (κ1) is 8.82. The summed E-state index contributed by atoms with van der Waals surface area (Å²) in [5.74, 6) is 0.602. The molecule has 0 amide bonds. The normalized spacial score (nSPS) is 21.3. The van der Waals surface area contributed by atoms with Crippen molar-refractivity contribution >= 4 is 17.5 Å². The Morgan fingerprint density at radius 3 is 2.69 bits per heavy atom. The summed E-state index contributed by atoms with van der Waals surface area (Å²) < 4.78 is 0. The molecule has 13 heavy (non-hydrogen) atoms. The van der Waals surface area contributed by atoms with Crippen molar-refractivity contribution in [2.75, 3.05) is 6.26 Å². The quantitative estimate of drug-likeness (QED) is 0.670. The van der Waals surface area contributed by atoms with E-state index >= 15 is 0 Å². The number of ketones is 1. The SMILES string of the molecule is CSc1ccccc1C1CCC1=O. The number of thioether (sulfide) groups is 1. The number of Topliss-reactive ketones (excluding diaryl/α,β-unsaturated/α-hetero) is 1. The Hall–Kier alpha value is -0.760. The van der Waals surface area contributed by atoms with Crippen molar-refractivity contribution in [3.05, 3.63) is 29.8 Å². The molecule has 1 nitrogen and oxygen atoms in total. The van der Waals surface area contributed by atoms with Crippen molar-refractivity contribution in [3.8, 4) is 0 Å². The molecule has 2 rings (SSSR count). The lowest BCUT2D eigenvalue weighted by Gasteiger charge is -2.25. The Kier molecular flexibility index (Phi) is 2.40. The number of rotatable bonds is 2. The van der Waals surface area contributed by atoms with Crippen LogP contribution < -0.4 is 0 Å². The molecule has 0 heterocycles. The molecular weight excluding hydrogens is 180 g/mol. The Labute approximate surface area is 82.5 Å². The molecule has 0 aromatic heterocycles. The lowest BCUT2D eigenvalue weighted by molar-refractivity contribution is -0.125. The highest BCUT2D eigenvalue weighted by molar-refractivity contribution is 7.98. The minimum absolute atomic E-state index is 0.198. The summed E-state index contributed by atoms with van der Waals surface area (Å²) in [6, 6.07) is 8.21. The third-order valence-corrected chi connectivity index (χ3v) is 3.39. The molecule has 0 aliphatic heterocycles. The Balaban J connectivity index is 2.33. The van der Waals surface area contributed by atoms with Gasteiger partial charge in [0, 0.05) is 17.2 Å². The van der Waals surface area contributed by atoms with Crippen molar-refractivity contribution in [2.45, 2.75) is 23.7 Å². The van der Waals surface area contributed by atoms with Gasteiger partial charge in [-0.3, -0.25) is 4.79 Å². The molecular formula is C11H12OS. The van der Waals surface area contributed by atoms with Crippen LogP contribution in [0.4, 0.5) is 0 Å². The Bertz CT molecular complexity index is 333. The van der Waals surface area contributed by atoms with Crippen molar-refractivity contribution < 1.29 is 4.79 Å². The second-order valence-corrected chi connectivity index (χ2v) is 4.15. The lowest BCUT2D eigenvalue weighted by atomic mass is 9.79. The average Bonchev–Trinajstić information content (AvgIpc) is 2.16. The molecule has 1 aliphatic carbocycles. The molecule has 1 aromatic carbocycles. The number of hydrogen-bond acceptors (Lipinski definition) is 2. The van der Waals surface area contributed by atoms with Gasteiger partial charge >= 0.3 is 0 Å². The molecule has 0 spiro atoms. The van der Waals surface area contributed by atoms with Crippen molar-refractivity contribution in [2.24, 2.45) is 0 Å². The van der Waals surface area contributed by atoms with Crippen molar-refractivity contribution in [1.82, 2.24) is 0 Å².